The molecule has 0 unspecified atom stereocenters. The summed E-state index contributed by atoms with van der Waals surface area (Å²) >= 11 is 0. The molecule has 0 aromatic carbocycles. The summed E-state index contributed by atoms with van der Waals surface area (Å²) in [6, 6.07) is 1.08. The summed E-state index contributed by atoms with van der Waals surface area (Å²) in [5.74, 6) is -0.404. The highest BCUT2D eigenvalue weighted by molar-refractivity contribution is 5.88. The molecule has 1 saturated carbocycles. The van der Waals surface area contributed by atoms with Gasteiger partial charge in [-0.2, -0.15) is 0 Å². The van der Waals surface area contributed by atoms with Crippen molar-refractivity contribution in [3.8, 4) is 0 Å². The van der Waals surface area contributed by atoms with Crippen molar-refractivity contribution in [3.63, 3.8) is 0 Å². The Labute approximate surface area is 116 Å². The van der Waals surface area contributed by atoms with E-state index in [4.69, 9.17) is 5.11 Å². The van der Waals surface area contributed by atoms with Crippen molar-refractivity contribution in [3.05, 3.63) is 27.9 Å². The number of nitrogens with zero attached hydrogens (tertiary/aromatic N) is 3. The normalized spacial score (nSPS) is 14.7. The largest absolute Gasteiger partial charge is 0.478 e. The fourth-order valence-corrected chi connectivity index (χ4v) is 2.29. The fraction of sp³-hybridized carbons (Fsp3) is 0.538. The van der Waals surface area contributed by atoms with Gasteiger partial charge in [-0.1, -0.05) is 6.42 Å². The lowest BCUT2D eigenvalue weighted by Gasteiger charge is -2.32. The van der Waals surface area contributed by atoms with Crippen LogP contribution < -0.4 is 4.90 Å². The Kier molecular flexibility index (Phi) is 4.16. The van der Waals surface area contributed by atoms with Crippen LogP contribution in [0.4, 0.5) is 11.5 Å². The highest BCUT2D eigenvalue weighted by Gasteiger charge is 2.26. The standard InChI is InChI=1S/C13H17N3O4/c1-2-15(8-9-4-3-5-9)12-11(16(19)20)6-10(7-14-12)13(17)18/h6-7,9H,2-5,8H2,1H3,(H,17,18). The topological polar surface area (TPSA) is 96.6 Å². The first-order valence-electron chi connectivity index (χ1n) is 6.65. The van der Waals surface area contributed by atoms with Gasteiger partial charge in [0.25, 0.3) is 0 Å². The first kappa shape index (κ1) is 14.2. The maximum absolute atomic E-state index is 11.1. The Bertz CT molecular complexity index is 528. The molecule has 0 bridgehead atoms. The quantitative estimate of drug-likeness (QED) is 0.634. The zero-order valence-electron chi connectivity index (χ0n) is 11.3. The Morgan fingerprint density at radius 3 is 2.75 bits per heavy atom. The molecule has 1 heterocycles. The van der Waals surface area contributed by atoms with Gasteiger partial charge in [0.2, 0.25) is 5.82 Å². The number of carboxylic acid groups (broad SMARTS) is 1. The second-order valence-electron chi connectivity index (χ2n) is 4.96. The molecular formula is C13H17N3O4. The average molecular weight is 279 g/mol. The SMILES string of the molecule is CCN(CC1CCC1)c1ncc(C(=O)O)cc1[N+](=O)[O-]. The van der Waals surface area contributed by atoms with E-state index >= 15 is 0 Å². The zero-order chi connectivity index (χ0) is 14.7. The van der Waals surface area contributed by atoms with Gasteiger partial charge in [0.15, 0.2) is 0 Å². The average Bonchev–Trinajstić information content (AvgIpc) is 2.37. The van der Waals surface area contributed by atoms with Crippen LogP contribution in [0.2, 0.25) is 0 Å². The number of pyridine rings is 1. The molecule has 0 saturated heterocycles. The van der Waals surface area contributed by atoms with Crippen molar-refractivity contribution in [1.29, 1.82) is 0 Å². The highest BCUT2D eigenvalue weighted by Crippen LogP contribution is 2.32. The summed E-state index contributed by atoms with van der Waals surface area (Å²) < 4.78 is 0. The second-order valence-corrected chi connectivity index (χ2v) is 4.96. The van der Waals surface area contributed by atoms with Crippen LogP contribution in [0.1, 0.15) is 36.5 Å². The lowest BCUT2D eigenvalue weighted by atomic mass is 9.85. The molecule has 1 aliphatic rings. The molecule has 7 heteroatoms. The van der Waals surface area contributed by atoms with Gasteiger partial charge in [-0.15, -0.1) is 0 Å². The van der Waals surface area contributed by atoms with E-state index < -0.39 is 10.9 Å². The van der Waals surface area contributed by atoms with E-state index in [1.807, 2.05) is 11.8 Å². The Balaban J connectivity index is 2.32. The molecule has 108 valence electrons. The van der Waals surface area contributed by atoms with Crippen molar-refractivity contribution >= 4 is 17.5 Å². The fourth-order valence-electron chi connectivity index (χ4n) is 2.29. The number of aromatic nitrogens is 1. The van der Waals surface area contributed by atoms with E-state index in [1.165, 1.54) is 12.6 Å². The molecule has 1 aliphatic carbocycles. The number of carboxylic acids is 1. The predicted molar refractivity (Wildman–Crippen MR) is 73.1 cm³/mol. The van der Waals surface area contributed by atoms with Crippen LogP contribution in [-0.4, -0.2) is 34.1 Å². The lowest BCUT2D eigenvalue weighted by molar-refractivity contribution is -0.384. The van der Waals surface area contributed by atoms with E-state index in [-0.39, 0.29) is 17.1 Å². The summed E-state index contributed by atoms with van der Waals surface area (Å²) in [6.45, 7) is 3.25. The van der Waals surface area contributed by atoms with Crippen LogP contribution in [0.3, 0.4) is 0 Å². The molecule has 1 aromatic rings. The first-order chi connectivity index (χ1) is 9.52. The summed E-state index contributed by atoms with van der Waals surface area (Å²) in [6.07, 6.45) is 4.65. The van der Waals surface area contributed by atoms with E-state index in [0.29, 0.717) is 12.5 Å². The van der Waals surface area contributed by atoms with Crippen molar-refractivity contribution < 1.29 is 14.8 Å². The van der Waals surface area contributed by atoms with Gasteiger partial charge in [-0.25, -0.2) is 9.78 Å². The Hall–Kier alpha value is -2.18. The number of hydrogen-bond donors (Lipinski definition) is 1. The minimum atomic E-state index is -1.21. The highest BCUT2D eigenvalue weighted by atomic mass is 16.6. The third-order valence-electron chi connectivity index (χ3n) is 3.68. The van der Waals surface area contributed by atoms with Crippen LogP contribution in [0.5, 0.6) is 0 Å². The molecule has 0 atom stereocenters. The summed E-state index contributed by atoms with van der Waals surface area (Å²) in [5.41, 5.74) is -0.411. The van der Waals surface area contributed by atoms with E-state index in [9.17, 15) is 14.9 Å². The number of aromatic carboxylic acids is 1. The minimum absolute atomic E-state index is 0.167. The molecule has 0 amide bonds. The molecule has 20 heavy (non-hydrogen) atoms. The third-order valence-corrected chi connectivity index (χ3v) is 3.68. The second kappa shape index (κ2) is 5.85. The molecular weight excluding hydrogens is 262 g/mol. The molecule has 0 radical (unpaired) electrons. The summed E-state index contributed by atoms with van der Waals surface area (Å²) in [4.78, 5) is 27.3. The monoisotopic (exact) mass is 279 g/mol. The van der Waals surface area contributed by atoms with Crippen molar-refractivity contribution in [2.75, 3.05) is 18.0 Å². The van der Waals surface area contributed by atoms with E-state index in [0.717, 1.165) is 25.5 Å². The Morgan fingerprint density at radius 1 is 1.60 bits per heavy atom. The minimum Gasteiger partial charge on any atom is -0.478 e. The molecule has 1 N–H and O–H groups in total. The maximum atomic E-state index is 11.1. The smallest absolute Gasteiger partial charge is 0.337 e. The van der Waals surface area contributed by atoms with Gasteiger partial charge in [0.05, 0.1) is 10.5 Å². The summed E-state index contributed by atoms with van der Waals surface area (Å²) in [5, 5.41) is 20.0. The molecule has 0 spiro atoms. The van der Waals surface area contributed by atoms with Crippen LogP contribution >= 0.6 is 0 Å². The predicted octanol–water partition coefficient (Wildman–Crippen LogP) is 2.31. The van der Waals surface area contributed by atoms with Crippen LogP contribution in [-0.2, 0) is 0 Å². The van der Waals surface area contributed by atoms with Gasteiger partial charge >= 0.3 is 11.7 Å². The van der Waals surface area contributed by atoms with Crippen molar-refractivity contribution in [2.45, 2.75) is 26.2 Å². The summed E-state index contributed by atoms with van der Waals surface area (Å²) in [7, 11) is 0. The Morgan fingerprint density at radius 2 is 2.30 bits per heavy atom. The number of nitro groups is 1. The number of hydrogen-bond acceptors (Lipinski definition) is 5. The van der Waals surface area contributed by atoms with Crippen molar-refractivity contribution in [2.24, 2.45) is 5.92 Å². The van der Waals surface area contributed by atoms with Crippen molar-refractivity contribution in [1.82, 2.24) is 4.98 Å². The van der Waals surface area contributed by atoms with Gasteiger partial charge < -0.3 is 10.0 Å². The molecule has 2 rings (SSSR count). The molecule has 1 aromatic heterocycles. The number of carbonyl (C=O) groups is 1. The molecule has 0 aliphatic heterocycles. The lowest BCUT2D eigenvalue weighted by Crippen LogP contribution is -2.33. The third kappa shape index (κ3) is 2.87. The zero-order valence-corrected chi connectivity index (χ0v) is 11.3. The van der Waals surface area contributed by atoms with Gasteiger partial charge in [-0.3, -0.25) is 10.1 Å². The maximum Gasteiger partial charge on any atom is 0.337 e. The van der Waals surface area contributed by atoms with Gasteiger partial charge in [0.1, 0.15) is 0 Å². The van der Waals surface area contributed by atoms with E-state index in [2.05, 4.69) is 4.98 Å². The van der Waals surface area contributed by atoms with Gasteiger partial charge in [-0.05, 0) is 25.7 Å². The number of rotatable bonds is 6. The molecule has 1 fully saturated rings. The van der Waals surface area contributed by atoms with E-state index in [1.54, 1.807) is 0 Å². The van der Waals surface area contributed by atoms with Crippen LogP contribution in [0, 0.1) is 16.0 Å². The molecule has 7 nitrogen and oxygen atoms in total. The van der Waals surface area contributed by atoms with Gasteiger partial charge in [0, 0.05) is 25.4 Å². The number of anilines is 1. The first-order valence-corrected chi connectivity index (χ1v) is 6.65. The van der Waals surface area contributed by atoms with Crippen LogP contribution in [0.25, 0.3) is 0 Å². The van der Waals surface area contributed by atoms with Crippen LogP contribution in [0.15, 0.2) is 12.3 Å².